The van der Waals surface area contributed by atoms with Crippen molar-refractivity contribution in [2.45, 2.75) is 27.3 Å². The van der Waals surface area contributed by atoms with Gasteiger partial charge in [-0.3, -0.25) is 4.57 Å². The number of rotatable bonds is 4. The molecule has 0 saturated carbocycles. The Morgan fingerprint density at radius 3 is 2.58 bits per heavy atom. The largest absolute Gasteiger partial charge is 0.369 e. The number of imidazole rings is 1. The monoisotopic (exact) mass is 261 g/mol. The van der Waals surface area contributed by atoms with E-state index in [-0.39, 0.29) is 5.41 Å². The minimum absolute atomic E-state index is 0.108. The molecule has 19 heavy (non-hydrogen) atoms. The Morgan fingerprint density at radius 1 is 1.26 bits per heavy atom. The van der Waals surface area contributed by atoms with Crippen molar-refractivity contribution in [3.05, 3.63) is 17.8 Å². The van der Waals surface area contributed by atoms with Crippen molar-refractivity contribution in [2.75, 3.05) is 26.4 Å². The molecule has 0 amide bonds. The van der Waals surface area contributed by atoms with Gasteiger partial charge in [0, 0.05) is 18.8 Å². The molecule has 0 saturated heterocycles. The molecule has 104 valence electrons. The highest BCUT2D eigenvalue weighted by molar-refractivity contribution is 5.74. The zero-order valence-corrected chi connectivity index (χ0v) is 12.4. The standard InChI is InChI=1S/C14H23N5/c1-10-6-7-11-12(16-10)19(13(15)17-11)9-14(2,3)8-18(4)5/h6-7H,8-9H2,1-5H3,(H2,15,17). The molecule has 0 aliphatic carbocycles. The number of aryl methyl sites for hydroxylation is 1. The predicted molar refractivity (Wildman–Crippen MR) is 79.0 cm³/mol. The van der Waals surface area contributed by atoms with Crippen LogP contribution in [0.2, 0.25) is 0 Å². The van der Waals surface area contributed by atoms with E-state index in [0.717, 1.165) is 29.9 Å². The summed E-state index contributed by atoms with van der Waals surface area (Å²) in [7, 11) is 4.17. The van der Waals surface area contributed by atoms with Gasteiger partial charge < -0.3 is 10.6 Å². The Kier molecular flexibility index (Phi) is 3.49. The molecule has 2 N–H and O–H groups in total. The predicted octanol–water partition coefficient (Wildman–Crippen LogP) is 1.91. The molecular weight excluding hydrogens is 238 g/mol. The minimum Gasteiger partial charge on any atom is -0.369 e. The number of anilines is 1. The van der Waals surface area contributed by atoms with Crippen molar-refractivity contribution in [3.8, 4) is 0 Å². The molecule has 0 radical (unpaired) electrons. The van der Waals surface area contributed by atoms with Crippen LogP contribution in [-0.2, 0) is 6.54 Å². The second-order valence-electron chi connectivity index (χ2n) is 6.25. The van der Waals surface area contributed by atoms with Crippen LogP contribution in [0.15, 0.2) is 12.1 Å². The topological polar surface area (TPSA) is 60.0 Å². The van der Waals surface area contributed by atoms with Gasteiger partial charge in [0.25, 0.3) is 0 Å². The first kappa shape index (κ1) is 13.8. The van der Waals surface area contributed by atoms with Gasteiger partial charge in [0.15, 0.2) is 5.65 Å². The lowest BCUT2D eigenvalue weighted by molar-refractivity contribution is 0.214. The number of aromatic nitrogens is 3. The molecule has 5 nitrogen and oxygen atoms in total. The number of pyridine rings is 1. The summed E-state index contributed by atoms with van der Waals surface area (Å²) in [6.07, 6.45) is 0. The van der Waals surface area contributed by atoms with Gasteiger partial charge in [0.2, 0.25) is 5.95 Å². The molecule has 0 atom stereocenters. The first-order valence-electron chi connectivity index (χ1n) is 6.52. The van der Waals surface area contributed by atoms with E-state index in [4.69, 9.17) is 5.73 Å². The highest BCUT2D eigenvalue weighted by atomic mass is 15.2. The molecule has 0 aliphatic rings. The van der Waals surface area contributed by atoms with E-state index in [1.54, 1.807) is 0 Å². The molecule has 2 heterocycles. The summed E-state index contributed by atoms with van der Waals surface area (Å²) in [5, 5.41) is 0. The Labute approximate surface area is 114 Å². The van der Waals surface area contributed by atoms with Crippen LogP contribution in [0.1, 0.15) is 19.5 Å². The van der Waals surface area contributed by atoms with Crippen molar-refractivity contribution < 1.29 is 0 Å². The maximum atomic E-state index is 6.04. The fourth-order valence-corrected chi connectivity index (χ4v) is 2.60. The molecule has 0 unspecified atom stereocenters. The van der Waals surface area contributed by atoms with Crippen molar-refractivity contribution >= 4 is 17.1 Å². The average molecular weight is 261 g/mol. The van der Waals surface area contributed by atoms with Crippen LogP contribution in [-0.4, -0.2) is 40.1 Å². The van der Waals surface area contributed by atoms with Crippen molar-refractivity contribution in [2.24, 2.45) is 5.41 Å². The van der Waals surface area contributed by atoms with Crippen LogP contribution in [0.4, 0.5) is 5.95 Å². The van der Waals surface area contributed by atoms with Gasteiger partial charge >= 0.3 is 0 Å². The van der Waals surface area contributed by atoms with E-state index >= 15 is 0 Å². The molecule has 0 fully saturated rings. The Morgan fingerprint density at radius 2 is 1.95 bits per heavy atom. The lowest BCUT2D eigenvalue weighted by atomic mass is 9.93. The summed E-state index contributed by atoms with van der Waals surface area (Å²) < 4.78 is 2.02. The second-order valence-corrected chi connectivity index (χ2v) is 6.25. The number of nitrogens with two attached hydrogens (primary N) is 1. The average Bonchev–Trinajstić information content (AvgIpc) is 2.53. The lowest BCUT2D eigenvalue weighted by Gasteiger charge is -2.29. The molecule has 0 bridgehead atoms. The molecule has 0 aromatic carbocycles. The van der Waals surface area contributed by atoms with Crippen molar-refractivity contribution in [1.82, 2.24) is 19.4 Å². The summed E-state index contributed by atoms with van der Waals surface area (Å²) in [6.45, 7) is 8.24. The van der Waals surface area contributed by atoms with E-state index in [2.05, 4.69) is 42.8 Å². The third kappa shape index (κ3) is 3.04. The first-order chi connectivity index (χ1) is 8.78. The van der Waals surface area contributed by atoms with Gasteiger partial charge in [-0.1, -0.05) is 13.8 Å². The zero-order valence-electron chi connectivity index (χ0n) is 12.4. The number of nitrogen functional groups attached to an aromatic ring is 1. The van der Waals surface area contributed by atoms with Crippen LogP contribution < -0.4 is 5.73 Å². The first-order valence-corrected chi connectivity index (χ1v) is 6.52. The number of fused-ring (bicyclic) bond motifs is 1. The van der Waals surface area contributed by atoms with E-state index in [1.165, 1.54) is 0 Å². The third-order valence-corrected chi connectivity index (χ3v) is 3.09. The van der Waals surface area contributed by atoms with Crippen molar-refractivity contribution in [3.63, 3.8) is 0 Å². The van der Waals surface area contributed by atoms with Gasteiger partial charge in [-0.05, 0) is 38.6 Å². The van der Waals surface area contributed by atoms with E-state index in [0.29, 0.717) is 5.95 Å². The second kappa shape index (κ2) is 4.81. The molecule has 0 spiro atoms. The van der Waals surface area contributed by atoms with Gasteiger partial charge in [-0.15, -0.1) is 0 Å². The minimum atomic E-state index is 0.108. The molecule has 2 rings (SSSR count). The Bertz CT molecular complexity index is 583. The number of hydrogen-bond donors (Lipinski definition) is 1. The number of nitrogens with zero attached hydrogens (tertiary/aromatic N) is 4. The lowest BCUT2D eigenvalue weighted by Crippen LogP contribution is -2.32. The zero-order chi connectivity index (χ0) is 14.2. The Hall–Kier alpha value is -1.62. The maximum absolute atomic E-state index is 6.04. The van der Waals surface area contributed by atoms with Crippen LogP contribution >= 0.6 is 0 Å². The normalized spacial score (nSPS) is 12.5. The van der Waals surface area contributed by atoms with E-state index in [1.807, 2.05) is 23.6 Å². The van der Waals surface area contributed by atoms with Gasteiger partial charge in [-0.25, -0.2) is 9.97 Å². The fraction of sp³-hybridized carbons (Fsp3) is 0.571. The van der Waals surface area contributed by atoms with Crippen molar-refractivity contribution in [1.29, 1.82) is 0 Å². The smallest absolute Gasteiger partial charge is 0.202 e. The van der Waals surface area contributed by atoms with Crippen LogP contribution in [0.5, 0.6) is 0 Å². The van der Waals surface area contributed by atoms with E-state index in [9.17, 15) is 0 Å². The molecule has 2 aromatic heterocycles. The van der Waals surface area contributed by atoms with Crippen LogP contribution in [0, 0.1) is 12.3 Å². The van der Waals surface area contributed by atoms with Crippen LogP contribution in [0.25, 0.3) is 11.2 Å². The SMILES string of the molecule is Cc1ccc2nc(N)n(CC(C)(C)CN(C)C)c2n1. The summed E-state index contributed by atoms with van der Waals surface area (Å²) in [4.78, 5) is 11.1. The summed E-state index contributed by atoms with van der Waals surface area (Å²) in [6, 6.07) is 3.94. The molecule has 5 heteroatoms. The third-order valence-electron chi connectivity index (χ3n) is 3.09. The quantitative estimate of drug-likeness (QED) is 0.913. The number of hydrogen-bond acceptors (Lipinski definition) is 4. The Balaban J connectivity index is 2.39. The summed E-state index contributed by atoms with van der Waals surface area (Å²) in [5.74, 6) is 0.542. The fourth-order valence-electron chi connectivity index (χ4n) is 2.60. The highest BCUT2D eigenvalue weighted by Crippen LogP contribution is 2.24. The molecular formula is C14H23N5. The highest BCUT2D eigenvalue weighted by Gasteiger charge is 2.22. The van der Waals surface area contributed by atoms with E-state index < -0.39 is 0 Å². The molecule has 0 aliphatic heterocycles. The van der Waals surface area contributed by atoms with Crippen LogP contribution in [0.3, 0.4) is 0 Å². The summed E-state index contributed by atoms with van der Waals surface area (Å²) in [5.41, 5.74) is 8.88. The van der Waals surface area contributed by atoms with Gasteiger partial charge in [-0.2, -0.15) is 0 Å². The van der Waals surface area contributed by atoms with Gasteiger partial charge in [0.05, 0.1) is 0 Å². The summed E-state index contributed by atoms with van der Waals surface area (Å²) >= 11 is 0. The molecule has 2 aromatic rings. The maximum Gasteiger partial charge on any atom is 0.202 e. The van der Waals surface area contributed by atoms with Gasteiger partial charge in [0.1, 0.15) is 5.52 Å².